The highest BCUT2D eigenvalue weighted by Crippen LogP contribution is 2.00. The molecule has 1 atom stereocenters. The minimum Gasteiger partial charge on any atom is -0.480 e. The summed E-state index contributed by atoms with van der Waals surface area (Å²) < 4.78 is 13.0. The summed E-state index contributed by atoms with van der Waals surface area (Å²) in [7, 11) is 0. The SMILES string of the molecule is CC(N)=[NH+]C/C(F)=C\CCC(N)C(=O)O. The van der Waals surface area contributed by atoms with Crippen molar-refractivity contribution in [3.8, 4) is 0 Å². The van der Waals surface area contributed by atoms with E-state index in [0.29, 0.717) is 12.3 Å². The van der Waals surface area contributed by atoms with Gasteiger partial charge in [0.2, 0.25) is 5.84 Å². The third kappa shape index (κ3) is 7.63. The van der Waals surface area contributed by atoms with E-state index in [0.717, 1.165) is 0 Å². The van der Waals surface area contributed by atoms with Gasteiger partial charge in [-0.2, -0.15) is 0 Å². The molecule has 5 nitrogen and oxygen atoms in total. The zero-order valence-corrected chi connectivity index (χ0v) is 8.66. The van der Waals surface area contributed by atoms with Gasteiger partial charge in [0.25, 0.3) is 0 Å². The molecule has 0 saturated heterocycles. The van der Waals surface area contributed by atoms with Gasteiger partial charge in [0.05, 0.1) is 0 Å². The summed E-state index contributed by atoms with van der Waals surface area (Å²) in [6, 6.07) is -0.940. The van der Waals surface area contributed by atoms with Crippen molar-refractivity contribution >= 4 is 11.8 Å². The highest BCUT2D eigenvalue weighted by Gasteiger charge is 2.09. The van der Waals surface area contributed by atoms with Crippen molar-refractivity contribution in [1.29, 1.82) is 0 Å². The third-order valence-corrected chi connectivity index (χ3v) is 1.70. The molecular weight excluding hydrogens is 201 g/mol. The summed E-state index contributed by atoms with van der Waals surface area (Å²) in [4.78, 5) is 12.9. The minimum absolute atomic E-state index is 0.0185. The first-order valence-corrected chi connectivity index (χ1v) is 4.59. The van der Waals surface area contributed by atoms with Gasteiger partial charge in [0.1, 0.15) is 18.4 Å². The molecule has 0 aromatic rings. The van der Waals surface area contributed by atoms with Crippen LogP contribution in [-0.2, 0) is 4.79 Å². The minimum atomic E-state index is -1.08. The molecule has 0 saturated carbocycles. The number of carboxylic acids is 1. The molecule has 86 valence electrons. The Balaban J connectivity index is 3.86. The van der Waals surface area contributed by atoms with Crippen LogP contribution in [0.2, 0.25) is 0 Å². The number of carboxylic acid groups (broad SMARTS) is 1. The molecule has 0 aliphatic rings. The van der Waals surface area contributed by atoms with Crippen molar-refractivity contribution in [1.82, 2.24) is 0 Å². The van der Waals surface area contributed by atoms with Gasteiger partial charge < -0.3 is 10.8 Å². The average molecular weight is 218 g/mol. The van der Waals surface area contributed by atoms with E-state index in [9.17, 15) is 9.18 Å². The zero-order valence-electron chi connectivity index (χ0n) is 8.66. The Morgan fingerprint density at radius 1 is 1.67 bits per heavy atom. The van der Waals surface area contributed by atoms with Crippen LogP contribution < -0.4 is 16.5 Å². The number of amidine groups is 1. The number of hydrogen-bond donors (Lipinski definition) is 4. The fourth-order valence-corrected chi connectivity index (χ4v) is 0.839. The maximum absolute atomic E-state index is 13.0. The Morgan fingerprint density at radius 2 is 2.27 bits per heavy atom. The molecule has 0 aromatic heterocycles. The molecule has 0 fully saturated rings. The molecule has 0 aliphatic carbocycles. The molecule has 0 aliphatic heterocycles. The van der Waals surface area contributed by atoms with Crippen LogP contribution in [0.3, 0.4) is 0 Å². The Hall–Kier alpha value is -1.43. The number of nitrogens with two attached hydrogens (primary N) is 2. The van der Waals surface area contributed by atoms with Crippen molar-refractivity contribution in [2.45, 2.75) is 25.8 Å². The molecule has 0 aromatic carbocycles. The van der Waals surface area contributed by atoms with Gasteiger partial charge in [0.15, 0.2) is 0 Å². The van der Waals surface area contributed by atoms with Gasteiger partial charge in [-0.15, -0.1) is 0 Å². The van der Waals surface area contributed by atoms with Crippen LogP contribution in [-0.4, -0.2) is 29.5 Å². The molecule has 0 amide bonds. The molecule has 0 radical (unpaired) electrons. The normalized spacial score (nSPS) is 15.1. The van der Waals surface area contributed by atoms with Gasteiger partial charge in [-0.1, -0.05) is 0 Å². The van der Waals surface area contributed by atoms with E-state index in [-0.39, 0.29) is 18.8 Å². The van der Waals surface area contributed by atoms with Gasteiger partial charge >= 0.3 is 5.97 Å². The Morgan fingerprint density at radius 3 is 2.73 bits per heavy atom. The second kappa shape index (κ2) is 6.94. The van der Waals surface area contributed by atoms with Crippen LogP contribution in [0.25, 0.3) is 0 Å². The monoisotopic (exact) mass is 218 g/mol. The van der Waals surface area contributed by atoms with E-state index in [2.05, 4.69) is 4.99 Å². The van der Waals surface area contributed by atoms with Crippen molar-refractivity contribution in [3.05, 3.63) is 11.9 Å². The van der Waals surface area contributed by atoms with Crippen molar-refractivity contribution in [3.63, 3.8) is 0 Å². The lowest BCUT2D eigenvalue weighted by Gasteiger charge is -2.02. The molecule has 15 heavy (non-hydrogen) atoms. The van der Waals surface area contributed by atoms with Crippen LogP contribution in [0.4, 0.5) is 4.39 Å². The highest BCUT2D eigenvalue weighted by atomic mass is 19.1. The lowest BCUT2D eigenvalue weighted by Crippen LogP contribution is -2.74. The van der Waals surface area contributed by atoms with E-state index in [1.807, 2.05) is 0 Å². The third-order valence-electron chi connectivity index (χ3n) is 1.70. The summed E-state index contributed by atoms with van der Waals surface area (Å²) >= 11 is 0. The van der Waals surface area contributed by atoms with Crippen LogP contribution in [0.1, 0.15) is 19.8 Å². The molecule has 0 rings (SSSR count). The molecule has 0 bridgehead atoms. The van der Waals surface area contributed by atoms with Gasteiger partial charge in [0, 0.05) is 6.92 Å². The van der Waals surface area contributed by atoms with Crippen LogP contribution in [0.15, 0.2) is 11.9 Å². The summed E-state index contributed by atoms with van der Waals surface area (Å²) in [6.07, 6.45) is 1.82. The summed E-state index contributed by atoms with van der Waals surface area (Å²) in [6.45, 7) is 1.64. The number of aliphatic carboxylic acids is 1. The zero-order chi connectivity index (χ0) is 11.8. The summed E-state index contributed by atoms with van der Waals surface area (Å²) in [5, 5.41) is 8.45. The van der Waals surface area contributed by atoms with Crippen molar-refractivity contribution < 1.29 is 19.3 Å². The second-order valence-electron chi connectivity index (χ2n) is 3.21. The predicted octanol–water partition coefficient (Wildman–Crippen LogP) is -1.51. The van der Waals surface area contributed by atoms with Crippen LogP contribution in [0, 0.1) is 0 Å². The van der Waals surface area contributed by atoms with E-state index in [1.54, 1.807) is 6.92 Å². The first-order valence-electron chi connectivity index (χ1n) is 4.59. The Kier molecular flexibility index (Phi) is 6.28. The maximum Gasteiger partial charge on any atom is 0.320 e. The van der Waals surface area contributed by atoms with E-state index in [4.69, 9.17) is 16.6 Å². The first kappa shape index (κ1) is 13.6. The molecule has 6 N–H and O–H groups in total. The molecular formula is C9H17FN3O2+. The molecule has 6 heteroatoms. The molecule has 1 unspecified atom stereocenters. The van der Waals surface area contributed by atoms with Crippen LogP contribution in [0.5, 0.6) is 0 Å². The average Bonchev–Trinajstić information content (AvgIpc) is 2.14. The fourth-order valence-electron chi connectivity index (χ4n) is 0.839. The number of halogens is 1. The largest absolute Gasteiger partial charge is 0.480 e. The standard InChI is InChI=1S/C9H16FN3O2/c1-6(11)13-5-7(10)3-2-4-8(12)9(14)15/h3,8H,2,4-5,12H2,1H3,(H2,11,13)(H,14,15)/p+1/b7-3+. The quantitative estimate of drug-likeness (QED) is 0.321. The van der Waals surface area contributed by atoms with Crippen LogP contribution >= 0.6 is 0 Å². The number of carbonyl (C=O) groups is 1. The summed E-state index contributed by atoms with van der Waals surface area (Å²) in [5.41, 5.74) is 10.5. The van der Waals surface area contributed by atoms with Crippen molar-refractivity contribution in [2.75, 3.05) is 6.54 Å². The van der Waals surface area contributed by atoms with E-state index < -0.39 is 12.0 Å². The highest BCUT2D eigenvalue weighted by molar-refractivity contribution is 5.73. The van der Waals surface area contributed by atoms with E-state index >= 15 is 0 Å². The van der Waals surface area contributed by atoms with Gasteiger partial charge in [-0.3, -0.25) is 15.5 Å². The predicted molar refractivity (Wildman–Crippen MR) is 54.7 cm³/mol. The lowest BCUT2D eigenvalue weighted by molar-refractivity contribution is -0.451. The Bertz CT molecular complexity index is 273. The van der Waals surface area contributed by atoms with Gasteiger partial charge in [-0.05, 0) is 18.9 Å². The van der Waals surface area contributed by atoms with Crippen molar-refractivity contribution in [2.24, 2.45) is 11.5 Å². The first-order chi connectivity index (χ1) is 6.93. The number of rotatable bonds is 6. The number of hydrogen-bond acceptors (Lipinski definition) is 2. The topological polar surface area (TPSA) is 103 Å². The second-order valence-corrected chi connectivity index (χ2v) is 3.21. The number of allylic oxidation sites excluding steroid dienone is 1. The summed E-state index contributed by atoms with van der Waals surface area (Å²) in [5.74, 6) is -1.02. The molecule has 0 heterocycles. The Labute approximate surface area is 87.7 Å². The van der Waals surface area contributed by atoms with Gasteiger partial charge in [-0.25, -0.2) is 4.39 Å². The van der Waals surface area contributed by atoms with E-state index in [1.165, 1.54) is 6.08 Å². The fraction of sp³-hybridized carbons (Fsp3) is 0.556. The maximum atomic E-state index is 13.0. The smallest absolute Gasteiger partial charge is 0.320 e. The number of nitrogens with one attached hydrogen (secondary N) is 1. The molecule has 0 spiro atoms. The lowest BCUT2D eigenvalue weighted by atomic mass is 10.1.